The van der Waals surface area contributed by atoms with E-state index in [1.807, 2.05) is 17.6 Å². The van der Waals surface area contributed by atoms with Gasteiger partial charge in [0.1, 0.15) is 5.76 Å². The third-order valence-electron chi connectivity index (χ3n) is 2.79. The number of thiazole rings is 1. The fourth-order valence-electron chi connectivity index (χ4n) is 1.71. The first-order chi connectivity index (χ1) is 7.92. The van der Waals surface area contributed by atoms with E-state index >= 15 is 0 Å². The summed E-state index contributed by atoms with van der Waals surface area (Å²) in [6.07, 6.45) is 7.12. The Morgan fingerprint density at radius 1 is 1.50 bits per heavy atom. The number of hydrogen-bond donors (Lipinski definition) is 1. The lowest BCUT2D eigenvalue weighted by Gasteiger charge is -2.02. The van der Waals surface area contributed by atoms with Crippen LogP contribution in [-0.2, 0) is 13.0 Å². The van der Waals surface area contributed by atoms with Crippen LogP contribution in [0.3, 0.4) is 0 Å². The summed E-state index contributed by atoms with van der Waals surface area (Å²) in [7, 11) is 0. The van der Waals surface area contributed by atoms with Gasteiger partial charge in [-0.25, -0.2) is 4.98 Å². The number of rotatable bonds is 5. The van der Waals surface area contributed by atoms with Crippen molar-refractivity contribution in [3.05, 3.63) is 40.2 Å². The highest BCUT2D eigenvalue weighted by Gasteiger charge is 2.21. The molecule has 0 aliphatic heterocycles. The van der Waals surface area contributed by atoms with E-state index in [1.165, 1.54) is 18.4 Å². The molecule has 1 aliphatic rings. The molecule has 2 heterocycles. The summed E-state index contributed by atoms with van der Waals surface area (Å²) < 4.78 is 5.51. The van der Waals surface area contributed by atoms with Crippen LogP contribution in [0.4, 0.5) is 0 Å². The van der Waals surface area contributed by atoms with Crippen molar-refractivity contribution in [2.24, 2.45) is 0 Å². The number of aromatic nitrogens is 1. The van der Waals surface area contributed by atoms with E-state index in [9.17, 15) is 0 Å². The molecule has 1 saturated carbocycles. The highest BCUT2D eigenvalue weighted by atomic mass is 32.1. The van der Waals surface area contributed by atoms with Gasteiger partial charge in [0.25, 0.3) is 0 Å². The second kappa shape index (κ2) is 4.39. The van der Waals surface area contributed by atoms with Gasteiger partial charge in [-0.15, -0.1) is 11.3 Å². The van der Waals surface area contributed by atoms with Gasteiger partial charge < -0.3 is 9.73 Å². The Kier molecular flexibility index (Phi) is 2.76. The zero-order chi connectivity index (χ0) is 10.8. The van der Waals surface area contributed by atoms with Crippen molar-refractivity contribution in [2.75, 3.05) is 0 Å². The molecule has 0 spiro atoms. The van der Waals surface area contributed by atoms with Crippen molar-refractivity contribution in [3.8, 4) is 0 Å². The number of nitrogens with one attached hydrogen (secondary N) is 1. The normalized spacial score (nSPS) is 15.5. The molecule has 3 rings (SSSR count). The van der Waals surface area contributed by atoms with Gasteiger partial charge in [0.2, 0.25) is 0 Å². The molecule has 2 aromatic rings. The Balaban J connectivity index is 1.66. The number of hydrogen-bond acceptors (Lipinski definition) is 4. The third kappa shape index (κ3) is 2.33. The van der Waals surface area contributed by atoms with Crippen molar-refractivity contribution in [1.29, 1.82) is 0 Å². The molecule has 1 N–H and O–H groups in total. The van der Waals surface area contributed by atoms with Crippen molar-refractivity contribution < 1.29 is 4.42 Å². The molecule has 1 fully saturated rings. The molecule has 0 radical (unpaired) electrons. The molecular weight excluding hydrogens is 220 g/mol. The maximum Gasteiger partial charge on any atom is 0.121 e. The van der Waals surface area contributed by atoms with Crippen LogP contribution in [0.15, 0.2) is 28.3 Å². The summed E-state index contributed by atoms with van der Waals surface area (Å²) in [5.74, 6) is 1.06. The van der Waals surface area contributed by atoms with Gasteiger partial charge in [0, 0.05) is 29.6 Å². The molecule has 0 atom stereocenters. The van der Waals surface area contributed by atoms with Crippen LogP contribution in [-0.4, -0.2) is 11.0 Å². The molecule has 2 aromatic heterocycles. The molecule has 0 unspecified atom stereocenters. The Hall–Kier alpha value is -1.13. The van der Waals surface area contributed by atoms with Gasteiger partial charge in [0.05, 0.1) is 17.8 Å². The summed E-state index contributed by atoms with van der Waals surface area (Å²) in [6, 6.07) is 2.77. The zero-order valence-corrected chi connectivity index (χ0v) is 9.80. The predicted molar refractivity (Wildman–Crippen MR) is 63.5 cm³/mol. The molecular formula is C12H14N2OS. The van der Waals surface area contributed by atoms with E-state index in [2.05, 4.69) is 10.3 Å². The van der Waals surface area contributed by atoms with Gasteiger partial charge in [-0.3, -0.25) is 0 Å². The molecule has 0 bridgehead atoms. The van der Waals surface area contributed by atoms with Crippen LogP contribution < -0.4 is 5.32 Å². The minimum absolute atomic E-state index is 0.720. The maximum absolute atomic E-state index is 5.51. The van der Waals surface area contributed by atoms with E-state index in [4.69, 9.17) is 4.42 Å². The van der Waals surface area contributed by atoms with Crippen molar-refractivity contribution in [1.82, 2.24) is 10.3 Å². The van der Waals surface area contributed by atoms with Gasteiger partial charge in [-0.2, -0.15) is 0 Å². The minimum atomic E-state index is 0.720. The predicted octanol–water partition coefficient (Wildman–Crippen LogP) is 2.58. The average Bonchev–Trinajstić information content (AvgIpc) is 2.79. The molecule has 84 valence electrons. The quantitative estimate of drug-likeness (QED) is 0.864. The topological polar surface area (TPSA) is 38.1 Å². The van der Waals surface area contributed by atoms with Gasteiger partial charge in [-0.05, 0) is 18.9 Å². The lowest BCUT2D eigenvalue weighted by molar-refractivity contribution is 0.478. The molecule has 0 aromatic carbocycles. The highest BCUT2D eigenvalue weighted by molar-refractivity contribution is 7.09. The number of nitrogens with zero attached hydrogens (tertiary/aromatic N) is 1. The minimum Gasteiger partial charge on any atom is -0.468 e. The smallest absolute Gasteiger partial charge is 0.121 e. The maximum atomic E-state index is 5.51. The Labute approximate surface area is 98.5 Å². The van der Waals surface area contributed by atoms with Gasteiger partial charge >= 0.3 is 0 Å². The lowest BCUT2D eigenvalue weighted by Crippen LogP contribution is -2.15. The first kappa shape index (κ1) is 10.1. The number of furan rings is 1. The molecule has 3 nitrogen and oxygen atoms in total. The van der Waals surface area contributed by atoms with Crippen molar-refractivity contribution in [2.45, 2.75) is 31.8 Å². The molecule has 4 heteroatoms. The SMILES string of the molecule is c1csc(Cc2ccoc2CNC2CC2)n1. The van der Waals surface area contributed by atoms with Crippen LogP contribution >= 0.6 is 11.3 Å². The lowest BCUT2D eigenvalue weighted by atomic mass is 10.2. The summed E-state index contributed by atoms with van der Waals surface area (Å²) in [5, 5.41) is 6.63. The largest absolute Gasteiger partial charge is 0.468 e. The van der Waals surface area contributed by atoms with Crippen LogP contribution in [0.25, 0.3) is 0 Å². The fraction of sp³-hybridized carbons (Fsp3) is 0.417. The highest BCUT2D eigenvalue weighted by Crippen LogP contribution is 2.21. The van der Waals surface area contributed by atoms with Gasteiger partial charge in [-0.1, -0.05) is 0 Å². The van der Waals surface area contributed by atoms with E-state index in [0.717, 1.165) is 29.8 Å². The Morgan fingerprint density at radius 2 is 2.44 bits per heavy atom. The van der Waals surface area contributed by atoms with Crippen LogP contribution in [0, 0.1) is 0 Å². The van der Waals surface area contributed by atoms with Crippen LogP contribution in [0.2, 0.25) is 0 Å². The first-order valence-corrected chi connectivity index (χ1v) is 6.47. The zero-order valence-electron chi connectivity index (χ0n) is 8.98. The standard InChI is InChI=1S/C12H14N2OS/c1-2-10(1)14-8-11-9(3-5-15-11)7-12-13-4-6-16-12/h3-6,10,14H,1-2,7-8H2. The van der Waals surface area contributed by atoms with E-state index < -0.39 is 0 Å². The summed E-state index contributed by atoms with van der Waals surface area (Å²) in [5.41, 5.74) is 1.25. The summed E-state index contributed by atoms with van der Waals surface area (Å²) in [4.78, 5) is 4.30. The molecule has 1 aliphatic carbocycles. The van der Waals surface area contributed by atoms with Crippen molar-refractivity contribution >= 4 is 11.3 Å². The molecule has 0 saturated heterocycles. The van der Waals surface area contributed by atoms with Crippen molar-refractivity contribution in [3.63, 3.8) is 0 Å². The second-order valence-electron chi connectivity index (χ2n) is 4.13. The molecule has 16 heavy (non-hydrogen) atoms. The van der Waals surface area contributed by atoms with E-state index in [1.54, 1.807) is 17.6 Å². The van der Waals surface area contributed by atoms with Crippen LogP contribution in [0.5, 0.6) is 0 Å². The third-order valence-corrected chi connectivity index (χ3v) is 3.57. The average molecular weight is 234 g/mol. The Bertz CT molecular complexity index is 445. The van der Waals surface area contributed by atoms with E-state index in [0.29, 0.717) is 0 Å². The summed E-state index contributed by atoms with van der Waals surface area (Å²) in [6.45, 7) is 0.846. The fourth-order valence-corrected chi connectivity index (χ4v) is 2.35. The monoisotopic (exact) mass is 234 g/mol. The molecule has 0 amide bonds. The Morgan fingerprint density at radius 3 is 3.19 bits per heavy atom. The second-order valence-corrected chi connectivity index (χ2v) is 5.11. The summed E-state index contributed by atoms with van der Waals surface area (Å²) >= 11 is 1.69. The van der Waals surface area contributed by atoms with E-state index in [-0.39, 0.29) is 0 Å². The van der Waals surface area contributed by atoms with Gasteiger partial charge in [0.15, 0.2) is 0 Å². The first-order valence-electron chi connectivity index (χ1n) is 5.59. The van der Waals surface area contributed by atoms with Crippen LogP contribution in [0.1, 0.15) is 29.2 Å².